The van der Waals surface area contributed by atoms with Gasteiger partial charge >= 0.3 is 6.09 Å². The van der Waals surface area contributed by atoms with Crippen molar-refractivity contribution in [3.63, 3.8) is 0 Å². The van der Waals surface area contributed by atoms with E-state index >= 15 is 0 Å². The van der Waals surface area contributed by atoms with Crippen molar-refractivity contribution in [2.75, 3.05) is 11.4 Å². The number of Topliss-reactive ketones (excluding diaryl/α,β-unsaturated/α-hetero) is 1. The van der Waals surface area contributed by atoms with Crippen molar-refractivity contribution in [1.29, 1.82) is 0 Å². The first-order valence-corrected chi connectivity index (χ1v) is 8.81. The van der Waals surface area contributed by atoms with Gasteiger partial charge in [-0.1, -0.05) is 12.7 Å². The predicted octanol–water partition coefficient (Wildman–Crippen LogP) is 4.60. The van der Waals surface area contributed by atoms with Gasteiger partial charge in [0.1, 0.15) is 16.4 Å². The van der Waals surface area contributed by atoms with Crippen molar-refractivity contribution >= 4 is 34.3 Å². The third kappa shape index (κ3) is 4.22. The van der Waals surface area contributed by atoms with Crippen LogP contribution in [0.2, 0.25) is 0 Å². The lowest BCUT2D eigenvalue weighted by Crippen LogP contribution is -2.39. The molecule has 0 aliphatic heterocycles. The second kappa shape index (κ2) is 6.87. The molecular weight excluding hydrogens is 310 g/mol. The molecule has 0 fully saturated rings. The third-order valence-electron chi connectivity index (χ3n) is 3.64. The lowest BCUT2D eigenvalue weighted by atomic mass is 9.95. The zero-order valence-corrected chi connectivity index (χ0v) is 15.2. The minimum Gasteiger partial charge on any atom is -0.443 e. The van der Waals surface area contributed by atoms with E-state index in [9.17, 15) is 9.59 Å². The molecule has 2 rings (SSSR count). The number of ether oxygens (including phenoxy) is 1. The van der Waals surface area contributed by atoms with E-state index in [1.807, 2.05) is 20.8 Å². The van der Waals surface area contributed by atoms with Crippen LogP contribution in [0.1, 0.15) is 56.5 Å². The first kappa shape index (κ1) is 17.7. The summed E-state index contributed by atoms with van der Waals surface area (Å²) in [6.45, 7) is 10.9. The number of hydrogen-bond acceptors (Lipinski definition) is 4. The second-order valence-corrected chi connectivity index (χ2v) is 7.99. The average Bonchev–Trinajstić information content (AvgIpc) is 2.80. The summed E-state index contributed by atoms with van der Waals surface area (Å²) in [5.74, 6) is -0.0720. The Morgan fingerprint density at radius 1 is 1.30 bits per heavy atom. The maximum Gasteiger partial charge on any atom is 0.415 e. The van der Waals surface area contributed by atoms with Crippen LogP contribution in [0.5, 0.6) is 0 Å². The molecule has 0 unspecified atom stereocenters. The zero-order valence-electron chi connectivity index (χ0n) is 14.4. The number of ketones is 1. The van der Waals surface area contributed by atoms with Gasteiger partial charge in [-0.05, 0) is 58.9 Å². The number of amides is 1. The fraction of sp³-hybridized carbons (Fsp3) is 0.556. The van der Waals surface area contributed by atoms with Crippen molar-refractivity contribution in [3.8, 4) is 0 Å². The number of nitrogens with zero attached hydrogens (tertiary/aromatic N) is 1. The summed E-state index contributed by atoms with van der Waals surface area (Å²) in [5.41, 5.74) is 1.66. The van der Waals surface area contributed by atoms with Crippen molar-refractivity contribution in [2.24, 2.45) is 0 Å². The van der Waals surface area contributed by atoms with E-state index < -0.39 is 11.7 Å². The van der Waals surface area contributed by atoms with Crippen LogP contribution in [0.15, 0.2) is 6.58 Å². The van der Waals surface area contributed by atoms with Gasteiger partial charge in [-0.15, -0.1) is 11.3 Å². The number of aryl methyl sites for hydroxylation is 1. The number of rotatable bonds is 4. The molecule has 1 heterocycles. The maximum atomic E-state index is 12.6. The molecule has 1 aliphatic carbocycles. The van der Waals surface area contributed by atoms with Gasteiger partial charge in [-0.3, -0.25) is 9.69 Å². The van der Waals surface area contributed by atoms with E-state index in [2.05, 4.69) is 6.58 Å². The van der Waals surface area contributed by atoms with Gasteiger partial charge in [0.15, 0.2) is 0 Å². The third-order valence-corrected chi connectivity index (χ3v) is 4.97. The molecule has 23 heavy (non-hydrogen) atoms. The molecule has 1 aromatic heterocycles. The molecular formula is C18H25NO3S. The van der Waals surface area contributed by atoms with Crippen molar-refractivity contribution < 1.29 is 14.3 Å². The fourth-order valence-electron chi connectivity index (χ4n) is 2.75. The zero-order chi connectivity index (χ0) is 17.2. The Morgan fingerprint density at radius 2 is 1.96 bits per heavy atom. The molecule has 1 aromatic rings. The van der Waals surface area contributed by atoms with Crippen LogP contribution in [-0.2, 0) is 22.4 Å². The van der Waals surface area contributed by atoms with Gasteiger partial charge in [0.05, 0.1) is 6.54 Å². The topological polar surface area (TPSA) is 46.6 Å². The van der Waals surface area contributed by atoms with Crippen molar-refractivity contribution in [1.82, 2.24) is 0 Å². The fourth-order valence-corrected chi connectivity index (χ4v) is 4.13. The van der Waals surface area contributed by atoms with Gasteiger partial charge in [0, 0.05) is 10.4 Å². The highest BCUT2D eigenvalue weighted by molar-refractivity contribution is 7.16. The van der Waals surface area contributed by atoms with Crippen LogP contribution in [0.3, 0.4) is 0 Å². The summed E-state index contributed by atoms with van der Waals surface area (Å²) in [5, 5.41) is 0.788. The molecule has 0 N–H and O–H groups in total. The van der Waals surface area contributed by atoms with Crippen LogP contribution < -0.4 is 4.90 Å². The summed E-state index contributed by atoms with van der Waals surface area (Å²) < 4.78 is 5.49. The van der Waals surface area contributed by atoms with E-state index in [0.29, 0.717) is 0 Å². The summed E-state index contributed by atoms with van der Waals surface area (Å²) in [7, 11) is 0. The minimum atomic E-state index is -0.600. The van der Waals surface area contributed by atoms with Crippen LogP contribution >= 0.6 is 11.3 Å². The van der Waals surface area contributed by atoms with Crippen LogP contribution in [0.25, 0.3) is 6.08 Å². The Morgan fingerprint density at radius 3 is 2.52 bits per heavy atom. The Kier molecular flexibility index (Phi) is 5.30. The number of fused-ring (bicyclic) bond motifs is 1. The quantitative estimate of drug-likeness (QED) is 0.808. The van der Waals surface area contributed by atoms with Gasteiger partial charge in [-0.25, -0.2) is 4.79 Å². The van der Waals surface area contributed by atoms with Crippen molar-refractivity contribution in [2.45, 2.75) is 59.0 Å². The molecule has 0 spiro atoms. The standard InChI is InChI=1S/C18H25NO3S/c1-6-13-14-9-7-8-10-15(14)23-16(13)19(11-12(2)20)17(21)22-18(3,4)5/h6H,1,7-11H2,2-5H3. The summed E-state index contributed by atoms with van der Waals surface area (Å²) in [6, 6.07) is 0. The first-order chi connectivity index (χ1) is 10.7. The molecule has 0 saturated carbocycles. The summed E-state index contributed by atoms with van der Waals surface area (Å²) in [6.07, 6.45) is 5.69. The molecule has 5 heteroatoms. The predicted molar refractivity (Wildman–Crippen MR) is 95.3 cm³/mol. The van der Waals surface area contributed by atoms with E-state index in [1.165, 1.54) is 28.7 Å². The van der Waals surface area contributed by atoms with E-state index in [0.717, 1.165) is 29.8 Å². The van der Waals surface area contributed by atoms with Crippen molar-refractivity contribution in [3.05, 3.63) is 22.6 Å². The van der Waals surface area contributed by atoms with Gasteiger partial charge in [-0.2, -0.15) is 0 Å². The molecule has 0 bridgehead atoms. The summed E-state index contributed by atoms with van der Waals surface area (Å²) >= 11 is 1.59. The minimum absolute atomic E-state index is 0.0230. The number of carbonyl (C=O) groups is 2. The van der Waals surface area contributed by atoms with Gasteiger partial charge < -0.3 is 4.74 Å². The van der Waals surface area contributed by atoms with Crippen LogP contribution in [-0.4, -0.2) is 24.0 Å². The highest BCUT2D eigenvalue weighted by atomic mass is 32.1. The number of anilines is 1. The smallest absolute Gasteiger partial charge is 0.415 e. The van der Waals surface area contributed by atoms with E-state index in [-0.39, 0.29) is 12.3 Å². The molecule has 0 aromatic carbocycles. The molecule has 4 nitrogen and oxygen atoms in total. The second-order valence-electron chi connectivity index (χ2n) is 6.90. The highest BCUT2D eigenvalue weighted by Gasteiger charge is 2.29. The lowest BCUT2D eigenvalue weighted by Gasteiger charge is -2.26. The lowest BCUT2D eigenvalue weighted by molar-refractivity contribution is -0.115. The Balaban J connectivity index is 2.43. The number of thiophene rings is 1. The van der Waals surface area contributed by atoms with Gasteiger partial charge in [0.25, 0.3) is 0 Å². The number of hydrogen-bond donors (Lipinski definition) is 0. The average molecular weight is 335 g/mol. The summed E-state index contributed by atoms with van der Waals surface area (Å²) in [4.78, 5) is 27.0. The maximum absolute atomic E-state index is 12.6. The molecule has 1 amide bonds. The molecule has 126 valence electrons. The highest BCUT2D eigenvalue weighted by Crippen LogP contribution is 2.41. The Bertz CT molecular complexity index is 625. The molecule has 0 atom stereocenters. The van der Waals surface area contributed by atoms with Crippen LogP contribution in [0.4, 0.5) is 9.80 Å². The molecule has 0 radical (unpaired) electrons. The monoisotopic (exact) mass is 335 g/mol. The van der Waals surface area contributed by atoms with E-state index in [1.54, 1.807) is 17.4 Å². The van der Waals surface area contributed by atoms with Crippen LogP contribution in [0, 0.1) is 0 Å². The normalized spacial score (nSPS) is 14.1. The molecule has 0 saturated heterocycles. The molecule has 1 aliphatic rings. The Labute approximate surface area is 142 Å². The number of carbonyl (C=O) groups excluding carboxylic acids is 2. The SMILES string of the molecule is C=Cc1c(N(CC(C)=O)C(=O)OC(C)(C)C)sc2c1CCCC2. The Hall–Kier alpha value is -1.62. The first-order valence-electron chi connectivity index (χ1n) is 8.00. The largest absolute Gasteiger partial charge is 0.443 e. The van der Waals surface area contributed by atoms with Gasteiger partial charge in [0.2, 0.25) is 0 Å². The van der Waals surface area contributed by atoms with E-state index in [4.69, 9.17) is 4.74 Å².